The molecule has 0 amide bonds. The summed E-state index contributed by atoms with van der Waals surface area (Å²) in [7, 11) is 0. The van der Waals surface area contributed by atoms with Gasteiger partial charge in [0.05, 0.1) is 0 Å². The van der Waals surface area contributed by atoms with E-state index in [1.165, 1.54) is 10.5 Å². The molecule has 1 heterocycles. The molecule has 6 heteroatoms. The maximum Gasteiger partial charge on any atom is 0.179 e. The standard InChI is InChI=1S/C14H18BrN3S2/c1-9(2)7-16-8-11-6-12(15)4-5-13(11)20-14-18-17-10(3)19-14/h4-6,9,16H,7-8H2,1-3H3. The van der Waals surface area contributed by atoms with Gasteiger partial charge in [0.2, 0.25) is 0 Å². The molecule has 0 radical (unpaired) electrons. The maximum atomic E-state index is 4.18. The summed E-state index contributed by atoms with van der Waals surface area (Å²) in [6.07, 6.45) is 0. The van der Waals surface area contributed by atoms with Crippen LogP contribution in [0, 0.1) is 12.8 Å². The number of hydrogen-bond donors (Lipinski definition) is 1. The van der Waals surface area contributed by atoms with Crippen molar-refractivity contribution in [1.82, 2.24) is 15.5 Å². The Morgan fingerprint density at radius 2 is 2.15 bits per heavy atom. The van der Waals surface area contributed by atoms with Crippen molar-refractivity contribution in [1.29, 1.82) is 0 Å². The first-order valence-corrected chi connectivity index (χ1v) is 8.94. The van der Waals surface area contributed by atoms with Gasteiger partial charge in [0.25, 0.3) is 0 Å². The molecular formula is C14H18BrN3S2. The van der Waals surface area contributed by atoms with Gasteiger partial charge < -0.3 is 5.32 Å². The van der Waals surface area contributed by atoms with Crippen LogP contribution in [0.4, 0.5) is 0 Å². The molecule has 0 fully saturated rings. The molecule has 1 aromatic carbocycles. The molecular weight excluding hydrogens is 354 g/mol. The Bertz CT molecular complexity index is 569. The van der Waals surface area contributed by atoms with Crippen molar-refractivity contribution in [3.63, 3.8) is 0 Å². The lowest BCUT2D eigenvalue weighted by Gasteiger charge is -2.11. The minimum absolute atomic E-state index is 0.657. The van der Waals surface area contributed by atoms with Crippen molar-refractivity contribution in [2.75, 3.05) is 6.54 Å². The zero-order valence-corrected chi connectivity index (χ0v) is 15.0. The van der Waals surface area contributed by atoms with E-state index in [-0.39, 0.29) is 0 Å². The highest BCUT2D eigenvalue weighted by molar-refractivity contribution is 9.10. The molecule has 2 aromatic rings. The van der Waals surface area contributed by atoms with E-state index in [1.54, 1.807) is 23.1 Å². The number of benzene rings is 1. The van der Waals surface area contributed by atoms with E-state index < -0.39 is 0 Å². The topological polar surface area (TPSA) is 37.8 Å². The van der Waals surface area contributed by atoms with Gasteiger partial charge in [-0.3, -0.25) is 0 Å². The van der Waals surface area contributed by atoms with Crippen LogP contribution in [0.25, 0.3) is 0 Å². The van der Waals surface area contributed by atoms with Crippen molar-refractivity contribution in [3.8, 4) is 0 Å². The molecule has 20 heavy (non-hydrogen) atoms. The van der Waals surface area contributed by atoms with Gasteiger partial charge in [-0.2, -0.15) is 0 Å². The molecule has 0 bridgehead atoms. The van der Waals surface area contributed by atoms with E-state index in [2.05, 4.69) is 63.5 Å². The zero-order valence-electron chi connectivity index (χ0n) is 11.8. The number of hydrogen-bond acceptors (Lipinski definition) is 5. The Kier molecular flexibility index (Phi) is 6.01. The first-order chi connectivity index (χ1) is 9.54. The molecule has 0 aliphatic rings. The lowest BCUT2D eigenvalue weighted by Crippen LogP contribution is -2.19. The molecule has 0 unspecified atom stereocenters. The monoisotopic (exact) mass is 371 g/mol. The minimum Gasteiger partial charge on any atom is -0.312 e. The average molecular weight is 372 g/mol. The highest BCUT2D eigenvalue weighted by Gasteiger charge is 2.09. The molecule has 0 atom stereocenters. The van der Waals surface area contributed by atoms with Crippen LogP contribution in [0.3, 0.4) is 0 Å². The van der Waals surface area contributed by atoms with Crippen molar-refractivity contribution >= 4 is 39.0 Å². The summed E-state index contributed by atoms with van der Waals surface area (Å²) in [4.78, 5) is 1.24. The molecule has 0 saturated heterocycles. The second kappa shape index (κ2) is 7.54. The molecule has 2 rings (SSSR count). The Morgan fingerprint density at radius 1 is 1.35 bits per heavy atom. The van der Waals surface area contributed by atoms with E-state index in [4.69, 9.17) is 0 Å². The van der Waals surface area contributed by atoms with E-state index >= 15 is 0 Å². The Balaban J connectivity index is 2.10. The van der Waals surface area contributed by atoms with E-state index in [0.717, 1.165) is 26.9 Å². The second-order valence-electron chi connectivity index (χ2n) is 4.97. The fraction of sp³-hybridized carbons (Fsp3) is 0.429. The number of nitrogens with one attached hydrogen (secondary N) is 1. The Labute approximate surface area is 136 Å². The second-order valence-corrected chi connectivity index (χ2v) is 8.35. The fourth-order valence-corrected chi connectivity index (χ4v) is 3.99. The zero-order chi connectivity index (χ0) is 14.5. The molecule has 0 aliphatic heterocycles. The van der Waals surface area contributed by atoms with Gasteiger partial charge in [-0.15, -0.1) is 10.2 Å². The van der Waals surface area contributed by atoms with Gasteiger partial charge in [0, 0.05) is 15.9 Å². The van der Waals surface area contributed by atoms with Crippen molar-refractivity contribution in [2.45, 2.75) is 36.6 Å². The summed E-state index contributed by atoms with van der Waals surface area (Å²) in [6, 6.07) is 6.38. The largest absolute Gasteiger partial charge is 0.312 e. The number of aryl methyl sites for hydroxylation is 1. The van der Waals surface area contributed by atoms with Gasteiger partial charge >= 0.3 is 0 Å². The predicted molar refractivity (Wildman–Crippen MR) is 89.5 cm³/mol. The minimum atomic E-state index is 0.657. The van der Waals surface area contributed by atoms with Crippen LogP contribution < -0.4 is 5.32 Å². The third-order valence-electron chi connectivity index (χ3n) is 2.60. The third kappa shape index (κ3) is 4.84. The van der Waals surface area contributed by atoms with Gasteiger partial charge in [-0.25, -0.2) is 0 Å². The van der Waals surface area contributed by atoms with E-state index in [1.807, 2.05) is 6.92 Å². The highest BCUT2D eigenvalue weighted by Crippen LogP contribution is 2.33. The van der Waals surface area contributed by atoms with Crippen LogP contribution in [0.1, 0.15) is 24.4 Å². The third-order valence-corrected chi connectivity index (χ3v) is 5.10. The number of nitrogens with zero attached hydrogens (tertiary/aromatic N) is 2. The normalized spacial score (nSPS) is 11.2. The molecule has 0 spiro atoms. The lowest BCUT2D eigenvalue weighted by molar-refractivity contribution is 0.550. The van der Waals surface area contributed by atoms with Gasteiger partial charge in [0.15, 0.2) is 4.34 Å². The fourth-order valence-electron chi connectivity index (χ4n) is 1.69. The summed E-state index contributed by atoms with van der Waals surface area (Å²) in [5, 5.41) is 12.7. The molecule has 1 aromatic heterocycles. The first-order valence-electron chi connectivity index (χ1n) is 6.51. The van der Waals surface area contributed by atoms with Crippen molar-refractivity contribution < 1.29 is 0 Å². The van der Waals surface area contributed by atoms with Crippen molar-refractivity contribution in [2.24, 2.45) is 5.92 Å². The van der Waals surface area contributed by atoms with Crippen LogP contribution in [-0.4, -0.2) is 16.7 Å². The van der Waals surface area contributed by atoms with Gasteiger partial charge in [-0.1, -0.05) is 52.9 Å². The molecule has 108 valence electrons. The number of halogens is 1. The smallest absolute Gasteiger partial charge is 0.179 e. The molecule has 0 saturated carbocycles. The highest BCUT2D eigenvalue weighted by atomic mass is 79.9. The van der Waals surface area contributed by atoms with Gasteiger partial charge in [0.1, 0.15) is 5.01 Å². The number of aromatic nitrogens is 2. The Morgan fingerprint density at radius 3 is 2.80 bits per heavy atom. The predicted octanol–water partition coefficient (Wildman–Crippen LogP) is 4.51. The SMILES string of the molecule is Cc1nnc(Sc2ccc(Br)cc2CNCC(C)C)s1. The quantitative estimate of drug-likeness (QED) is 0.810. The summed E-state index contributed by atoms with van der Waals surface area (Å²) >= 11 is 6.86. The average Bonchev–Trinajstić information content (AvgIpc) is 2.78. The van der Waals surface area contributed by atoms with Crippen LogP contribution in [0.15, 0.2) is 31.9 Å². The molecule has 0 aliphatic carbocycles. The van der Waals surface area contributed by atoms with Crippen molar-refractivity contribution in [3.05, 3.63) is 33.2 Å². The van der Waals surface area contributed by atoms with Crippen LogP contribution in [-0.2, 0) is 6.54 Å². The summed E-state index contributed by atoms with van der Waals surface area (Å²) in [5.41, 5.74) is 1.29. The van der Waals surface area contributed by atoms with E-state index in [0.29, 0.717) is 5.92 Å². The number of rotatable bonds is 6. The lowest BCUT2D eigenvalue weighted by atomic mass is 10.2. The molecule has 1 N–H and O–H groups in total. The summed E-state index contributed by atoms with van der Waals surface area (Å²) in [5.74, 6) is 0.657. The van der Waals surface area contributed by atoms with Gasteiger partial charge in [-0.05, 0) is 43.1 Å². The van der Waals surface area contributed by atoms with E-state index in [9.17, 15) is 0 Å². The van der Waals surface area contributed by atoms with Crippen LogP contribution in [0.5, 0.6) is 0 Å². The summed E-state index contributed by atoms with van der Waals surface area (Å²) < 4.78 is 2.10. The molecule has 3 nitrogen and oxygen atoms in total. The first kappa shape index (κ1) is 15.9. The van der Waals surface area contributed by atoms with Crippen LogP contribution in [0.2, 0.25) is 0 Å². The van der Waals surface area contributed by atoms with Crippen LogP contribution >= 0.6 is 39.0 Å². The Hall–Kier alpha value is -0.430. The summed E-state index contributed by atoms with van der Waals surface area (Å²) in [6.45, 7) is 8.31. The maximum absolute atomic E-state index is 4.18.